The van der Waals surface area contributed by atoms with Crippen LogP contribution in [0.2, 0.25) is 5.02 Å². The van der Waals surface area contributed by atoms with Crippen molar-refractivity contribution in [3.63, 3.8) is 0 Å². The van der Waals surface area contributed by atoms with Crippen LogP contribution in [0.15, 0.2) is 42.0 Å². The topological polar surface area (TPSA) is 20.2 Å². The molecule has 0 aliphatic heterocycles. The van der Waals surface area contributed by atoms with Gasteiger partial charge in [-0.25, -0.2) is 0 Å². The summed E-state index contributed by atoms with van der Waals surface area (Å²) in [5.41, 5.74) is 2.18. The van der Waals surface area contributed by atoms with E-state index in [4.69, 9.17) is 16.7 Å². The molecule has 0 aliphatic rings. The van der Waals surface area contributed by atoms with Crippen LogP contribution in [0.25, 0.3) is 16.5 Å². The van der Waals surface area contributed by atoms with Crippen molar-refractivity contribution in [2.45, 2.75) is 13.3 Å². The normalized spacial score (nSPS) is 11.8. The van der Waals surface area contributed by atoms with E-state index in [9.17, 15) is 0 Å². The lowest BCUT2D eigenvalue weighted by Gasteiger charge is -1.98. The summed E-state index contributed by atoms with van der Waals surface area (Å²) >= 11 is 7.70. The summed E-state index contributed by atoms with van der Waals surface area (Å²) in [4.78, 5) is 2.35. The Kier molecular flexibility index (Phi) is 4.59. The highest BCUT2D eigenvalue weighted by Gasteiger charge is 2.03. The first-order chi connectivity index (χ1) is 8.72. The second-order valence-electron chi connectivity index (χ2n) is 4.03. The summed E-state index contributed by atoms with van der Waals surface area (Å²) in [7, 11) is 0. The van der Waals surface area contributed by atoms with Gasteiger partial charge in [0.25, 0.3) is 0 Å². The average molecular weight is 279 g/mol. The molecule has 1 N–H and O–H groups in total. The number of hydrogen-bond donors (Lipinski definition) is 1. The Bertz CT molecular complexity index is 551. The van der Waals surface area contributed by atoms with Gasteiger partial charge in [-0.1, -0.05) is 30.7 Å². The zero-order chi connectivity index (χ0) is 13.0. The van der Waals surface area contributed by atoms with E-state index in [1.165, 1.54) is 4.88 Å². The molecule has 0 spiro atoms. The molecule has 1 aromatic carbocycles. The highest BCUT2D eigenvalue weighted by atomic mass is 35.5. The van der Waals surface area contributed by atoms with Crippen LogP contribution < -0.4 is 0 Å². The number of thiophene rings is 1. The van der Waals surface area contributed by atoms with Crippen molar-refractivity contribution in [2.24, 2.45) is 0 Å². The van der Waals surface area contributed by atoms with Gasteiger partial charge in [-0.15, -0.1) is 11.3 Å². The zero-order valence-corrected chi connectivity index (χ0v) is 11.8. The first kappa shape index (κ1) is 13.3. The maximum atomic E-state index is 9.17. The monoisotopic (exact) mass is 278 g/mol. The summed E-state index contributed by atoms with van der Waals surface area (Å²) in [6, 6.07) is 12.0. The van der Waals surface area contributed by atoms with E-state index in [0.29, 0.717) is 0 Å². The molecule has 0 radical (unpaired) electrons. The molecule has 0 aliphatic carbocycles. The van der Waals surface area contributed by atoms with Crippen molar-refractivity contribution in [1.82, 2.24) is 0 Å². The first-order valence-corrected chi connectivity index (χ1v) is 7.08. The third-order valence-corrected chi connectivity index (χ3v) is 4.06. The van der Waals surface area contributed by atoms with Crippen LogP contribution in [-0.2, 0) is 0 Å². The third kappa shape index (κ3) is 3.22. The predicted octanol–water partition coefficient (Wildman–Crippen LogP) is 4.85. The SMILES string of the molecule is CCC(=Cc1ccc(-c2cccc(Cl)c2)s1)CO. The maximum Gasteiger partial charge on any atom is 0.0645 e. The molecular weight excluding hydrogens is 264 g/mol. The van der Waals surface area contributed by atoms with Crippen LogP contribution in [0.4, 0.5) is 0 Å². The van der Waals surface area contributed by atoms with Crippen LogP contribution in [0.5, 0.6) is 0 Å². The van der Waals surface area contributed by atoms with E-state index in [1.54, 1.807) is 11.3 Å². The smallest absolute Gasteiger partial charge is 0.0645 e. The molecule has 3 heteroatoms. The summed E-state index contributed by atoms with van der Waals surface area (Å²) in [6.07, 6.45) is 2.93. The minimum atomic E-state index is 0.126. The van der Waals surface area contributed by atoms with E-state index < -0.39 is 0 Å². The van der Waals surface area contributed by atoms with Crippen molar-refractivity contribution in [3.05, 3.63) is 51.9 Å². The molecule has 1 heterocycles. The second kappa shape index (κ2) is 6.19. The summed E-state index contributed by atoms with van der Waals surface area (Å²) in [6.45, 7) is 2.18. The zero-order valence-electron chi connectivity index (χ0n) is 10.2. The predicted molar refractivity (Wildman–Crippen MR) is 80.1 cm³/mol. The molecule has 18 heavy (non-hydrogen) atoms. The van der Waals surface area contributed by atoms with Gasteiger partial charge in [0.1, 0.15) is 0 Å². The van der Waals surface area contributed by atoms with Crippen LogP contribution in [0.1, 0.15) is 18.2 Å². The van der Waals surface area contributed by atoms with E-state index in [2.05, 4.69) is 24.3 Å². The van der Waals surface area contributed by atoms with Crippen LogP contribution >= 0.6 is 22.9 Å². The number of rotatable bonds is 4. The third-order valence-electron chi connectivity index (χ3n) is 2.74. The Morgan fingerprint density at radius 3 is 2.83 bits per heavy atom. The summed E-state index contributed by atoms with van der Waals surface area (Å²) < 4.78 is 0. The van der Waals surface area contributed by atoms with Gasteiger partial charge < -0.3 is 5.11 Å². The minimum absolute atomic E-state index is 0.126. The molecule has 1 nitrogen and oxygen atoms in total. The van der Waals surface area contributed by atoms with E-state index in [0.717, 1.165) is 27.5 Å². The van der Waals surface area contributed by atoms with Gasteiger partial charge in [0, 0.05) is 14.8 Å². The number of aliphatic hydroxyl groups is 1. The van der Waals surface area contributed by atoms with Gasteiger partial charge in [-0.05, 0) is 47.9 Å². The Labute approximate surface area is 116 Å². The lowest BCUT2D eigenvalue weighted by atomic mass is 10.2. The molecule has 0 atom stereocenters. The quantitative estimate of drug-likeness (QED) is 0.847. The Morgan fingerprint density at radius 1 is 1.33 bits per heavy atom. The fourth-order valence-corrected chi connectivity index (χ4v) is 2.87. The van der Waals surface area contributed by atoms with Crippen molar-refractivity contribution in [1.29, 1.82) is 0 Å². The van der Waals surface area contributed by atoms with Crippen LogP contribution in [0, 0.1) is 0 Å². The standard InChI is InChI=1S/C15H15ClOS/c1-2-11(10-17)8-14-6-7-15(18-14)12-4-3-5-13(16)9-12/h3-9,17H,2,10H2,1H3. The van der Waals surface area contributed by atoms with E-state index in [1.807, 2.05) is 25.1 Å². The largest absolute Gasteiger partial charge is 0.392 e. The highest BCUT2D eigenvalue weighted by Crippen LogP contribution is 2.30. The molecule has 2 rings (SSSR count). The van der Waals surface area contributed by atoms with Gasteiger partial charge in [0.05, 0.1) is 6.61 Å². The Balaban J connectivity index is 2.28. The molecular formula is C15H15ClOS. The molecule has 0 bridgehead atoms. The highest BCUT2D eigenvalue weighted by molar-refractivity contribution is 7.16. The number of halogens is 1. The summed E-state index contributed by atoms with van der Waals surface area (Å²) in [5, 5.41) is 9.92. The van der Waals surface area contributed by atoms with Gasteiger partial charge in [-0.2, -0.15) is 0 Å². The average Bonchev–Trinajstić information content (AvgIpc) is 2.84. The Morgan fingerprint density at radius 2 is 2.17 bits per heavy atom. The van der Waals surface area contributed by atoms with Gasteiger partial charge in [-0.3, -0.25) is 0 Å². The van der Waals surface area contributed by atoms with Crippen LogP contribution in [-0.4, -0.2) is 11.7 Å². The fraction of sp³-hybridized carbons (Fsp3) is 0.200. The number of hydrogen-bond acceptors (Lipinski definition) is 2. The van der Waals surface area contributed by atoms with Gasteiger partial charge in [0.15, 0.2) is 0 Å². The molecule has 0 unspecified atom stereocenters. The van der Waals surface area contributed by atoms with Crippen molar-refractivity contribution < 1.29 is 5.11 Å². The molecule has 0 fully saturated rings. The molecule has 0 saturated carbocycles. The number of aliphatic hydroxyl groups excluding tert-OH is 1. The van der Waals surface area contributed by atoms with E-state index >= 15 is 0 Å². The van der Waals surface area contributed by atoms with E-state index in [-0.39, 0.29) is 6.61 Å². The van der Waals surface area contributed by atoms with Crippen molar-refractivity contribution in [3.8, 4) is 10.4 Å². The molecule has 1 aromatic heterocycles. The fourth-order valence-electron chi connectivity index (χ4n) is 1.69. The molecule has 0 amide bonds. The van der Waals surface area contributed by atoms with Crippen LogP contribution in [0.3, 0.4) is 0 Å². The molecule has 94 valence electrons. The lowest BCUT2D eigenvalue weighted by Crippen LogP contribution is -1.86. The second-order valence-corrected chi connectivity index (χ2v) is 5.58. The van der Waals surface area contributed by atoms with Crippen molar-refractivity contribution in [2.75, 3.05) is 6.61 Å². The van der Waals surface area contributed by atoms with Gasteiger partial charge in [0.2, 0.25) is 0 Å². The Hall–Kier alpha value is -1.09. The van der Waals surface area contributed by atoms with Gasteiger partial charge >= 0.3 is 0 Å². The summed E-state index contributed by atoms with van der Waals surface area (Å²) in [5.74, 6) is 0. The molecule has 2 aromatic rings. The lowest BCUT2D eigenvalue weighted by molar-refractivity contribution is 0.329. The first-order valence-electron chi connectivity index (χ1n) is 5.89. The minimum Gasteiger partial charge on any atom is -0.392 e. The maximum absolute atomic E-state index is 9.17. The molecule has 0 saturated heterocycles. The van der Waals surface area contributed by atoms with Crippen molar-refractivity contribution >= 4 is 29.0 Å². The number of benzene rings is 1.